The van der Waals surface area contributed by atoms with E-state index in [1.165, 1.54) is 17.9 Å². The van der Waals surface area contributed by atoms with Crippen LogP contribution < -0.4 is 17.2 Å². The van der Waals surface area contributed by atoms with E-state index < -0.39 is 36.8 Å². The molecule has 0 bridgehead atoms. The van der Waals surface area contributed by atoms with Crippen molar-refractivity contribution < 1.29 is 19.7 Å². The number of rotatable bonds is 4. The Hall–Kier alpha value is -2.01. The summed E-state index contributed by atoms with van der Waals surface area (Å²) in [6, 6.07) is 0. The lowest BCUT2D eigenvalue weighted by Crippen LogP contribution is -2.37. The van der Waals surface area contributed by atoms with Gasteiger partial charge in [0.05, 0.1) is 6.61 Å². The number of nitrogens with two attached hydrogens (primary N) is 2. The Morgan fingerprint density at radius 2 is 2.27 bits per heavy atom. The highest BCUT2D eigenvalue weighted by Gasteiger charge is 2.45. The summed E-state index contributed by atoms with van der Waals surface area (Å²) in [5, 5.41) is 19.2. The largest absolute Gasteiger partial charge is 0.394 e. The molecule has 6 N–H and O–H groups in total. The first-order chi connectivity index (χ1) is 10.4. The van der Waals surface area contributed by atoms with Gasteiger partial charge < -0.3 is 31.2 Å². The minimum atomic E-state index is -1.07. The summed E-state index contributed by atoms with van der Waals surface area (Å²) in [5.41, 5.74) is 10.4. The number of aliphatic hydroxyl groups is 2. The molecule has 1 aromatic rings. The Labute approximate surface area is 126 Å². The van der Waals surface area contributed by atoms with Crippen LogP contribution in [0.4, 0.5) is 5.82 Å². The van der Waals surface area contributed by atoms with Crippen LogP contribution in [0.15, 0.2) is 16.0 Å². The maximum absolute atomic E-state index is 12.1. The number of guanidine groups is 1. The van der Waals surface area contributed by atoms with E-state index in [2.05, 4.69) is 9.98 Å². The molecule has 0 amide bonds. The fourth-order valence-corrected chi connectivity index (χ4v) is 2.32. The molecule has 1 aromatic heterocycles. The Bertz CT molecular complexity index is 627. The minimum Gasteiger partial charge on any atom is -0.394 e. The van der Waals surface area contributed by atoms with Crippen molar-refractivity contribution in [2.75, 3.05) is 13.7 Å². The van der Waals surface area contributed by atoms with Gasteiger partial charge >= 0.3 is 5.69 Å². The highest BCUT2D eigenvalue weighted by Crippen LogP contribution is 2.30. The van der Waals surface area contributed by atoms with Crippen molar-refractivity contribution in [3.05, 3.63) is 22.2 Å². The summed E-state index contributed by atoms with van der Waals surface area (Å²) in [6.45, 7) is 1.27. The molecule has 4 atom stereocenters. The predicted octanol–water partition coefficient (Wildman–Crippen LogP) is -2.28. The zero-order valence-corrected chi connectivity index (χ0v) is 12.2. The molecule has 10 heteroatoms. The Morgan fingerprint density at radius 3 is 2.82 bits per heavy atom. The van der Waals surface area contributed by atoms with Gasteiger partial charge in [0.15, 0.2) is 18.0 Å². The van der Waals surface area contributed by atoms with Gasteiger partial charge in [-0.1, -0.05) is 0 Å². The number of aromatic nitrogens is 2. The van der Waals surface area contributed by atoms with Crippen LogP contribution in [0.1, 0.15) is 11.8 Å². The number of methoxy groups -OCH3 is 1. The zero-order valence-electron chi connectivity index (χ0n) is 12.2. The molecule has 0 aromatic carbocycles. The summed E-state index contributed by atoms with van der Waals surface area (Å²) < 4.78 is 11.8. The molecule has 2 rings (SSSR count). The average Bonchev–Trinajstić information content (AvgIpc) is 2.77. The van der Waals surface area contributed by atoms with Crippen LogP contribution in [0.3, 0.4) is 0 Å². The smallest absolute Gasteiger partial charge is 0.351 e. The highest BCUT2D eigenvalue weighted by atomic mass is 16.6. The van der Waals surface area contributed by atoms with Gasteiger partial charge in [-0.2, -0.15) is 9.98 Å². The van der Waals surface area contributed by atoms with Gasteiger partial charge in [0.2, 0.25) is 0 Å². The first-order valence-electron chi connectivity index (χ1n) is 6.55. The van der Waals surface area contributed by atoms with Crippen molar-refractivity contribution in [1.82, 2.24) is 9.55 Å². The van der Waals surface area contributed by atoms with Crippen molar-refractivity contribution in [3.63, 3.8) is 0 Å². The van der Waals surface area contributed by atoms with E-state index in [0.717, 1.165) is 0 Å². The lowest BCUT2D eigenvalue weighted by atomic mass is 10.1. The van der Waals surface area contributed by atoms with Gasteiger partial charge in [0.25, 0.3) is 0 Å². The van der Waals surface area contributed by atoms with Crippen LogP contribution in [-0.4, -0.2) is 57.8 Å². The predicted molar refractivity (Wildman–Crippen MR) is 76.5 cm³/mol. The number of hydrogen-bond acceptors (Lipinski definition) is 7. The molecule has 1 saturated heterocycles. The number of nitrogens with zero attached hydrogens (tertiary/aromatic N) is 3. The van der Waals surface area contributed by atoms with E-state index in [4.69, 9.17) is 20.9 Å². The van der Waals surface area contributed by atoms with Gasteiger partial charge in [0.1, 0.15) is 18.3 Å². The Morgan fingerprint density at radius 1 is 1.59 bits per heavy atom. The first-order valence-corrected chi connectivity index (χ1v) is 6.55. The summed E-state index contributed by atoms with van der Waals surface area (Å²) >= 11 is 0. The molecule has 2 heterocycles. The van der Waals surface area contributed by atoms with Crippen LogP contribution in [0, 0.1) is 6.92 Å². The third-order valence-corrected chi connectivity index (χ3v) is 3.38. The van der Waals surface area contributed by atoms with E-state index in [1.54, 1.807) is 6.92 Å². The normalized spacial score (nSPS) is 27.8. The lowest BCUT2D eigenvalue weighted by Gasteiger charge is -2.20. The molecular formula is C12H19N5O5. The van der Waals surface area contributed by atoms with Crippen molar-refractivity contribution in [1.29, 1.82) is 0 Å². The van der Waals surface area contributed by atoms with E-state index in [-0.39, 0.29) is 11.8 Å². The van der Waals surface area contributed by atoms with Crippen LogP contribution in [0.25, 0.3) is 0 Å². The van der Waals surface area contributed by atoms with Crippen LogP contribution in [0.5, 0.6) is 0 Å². The quantitative estimate of drug-likeness (QED) is 0.357. The maximum atomic E-state index is 12.1. The molecule has 0 radical (unpaired) electrons. The third kappa shape index (κ3) is 2.95. The molecule has 0 saturated carbocycles. The van der Waals surface area contributed by atoms with Gasteiger partial charge in [-0.25, -0.2) is 4.79 Å². The molecule has 22 heavy (non-hydrogen) atoms. The number of aliphatic imine (C=N–C) groups is 1. The molecule has 1 fully saturated rings. The summed E-state index contributed by atoms with van der Waals surface area (Å²) in [5.74, 6) is -0.108. The minimum absolute atomic E-state index is 0.104. The number of aliphatic hydroxyl groups excluding tert-OH is 2. The zero-order chi connectivity index (χ0) is 16.4. The van der Waals surface area contributed by atoms with Crippen LogP contribution in [-0.2, 0) is 9.47 Å². The van der Waals surface area contributed by atoms with Crippen molar-refractivity contribution in [2.45, 2.75) is 31.5 Å². The Balaban J connectivity index is 2.43. The SMILES string of the molecule is CO[C@@H]1[C@H](O)[C@@H](CO)O[C@H]1n1cc(C)c(N=C(N)N)nc1=O. The monoisotopic (exact) mass is 313 g/mol. The second kappa shape index (κ2) is 6.40. The fourth-order valence-electron chi connectivity index (χ4n) is 2.32. The highest BCUT2D eigenvalue weighted by molar-refractivity contribution is 5.78. The maximum Gasteiger partial charge on any atom is 0.351 e. The molecule has 0 spiro atoms. The molecule has 0 unspecified atom stereocenters. The fraction of sp³-hybridized carbons (Fsp3) is 0.583. The van der Waals surface area contributed by atoms with E-state index in [0.29, 0.717) is 5.56 Å². The standard InChI is InChI=1S/C12H19N5O5/c1-5-3-17(12(20)16-9(5)15-11(13)14)10-8(21-2)7(19)6(4-18)22-10/h3,6-8,10,18-19H,4H2,1-2H3,(H4,13,14,15,16,20)/t6-,7-,8-,10-/m1/s1. The van der Waals surface area contributed by atoms with Gasteiger partial charge in [-0.3, -0.25) is 4.57 Å². The number of hydrogen-bond donors (Lipinski definition) is 4. The van der Waals surface area contributed by atoms with Gasteiger partial charge in [-0.05, 0) is 6.92 Å². The molecule has 122 valence electrons. The summed E-state index contributed by atoms with van der Waals surface area (Å²) in [6.07, 6.45) is -2.18. The lowest BCUT2D eigenvalue weighted by molar-refractivity contribution is -0.0625. The summed E-state index contributed by atoms with van der Waals surface area (Å²) in [7, 11) is 1.38. The van der Waals surface area contributed by atoms with Crippen molar-refractivity contribution in [2.24, 2.45) is 16.5 Å². The number of aryl methyl sites for hydroxylation is 1. The van der Waals surface area contributed by atoms with Gasteiger partial charge in [-0.15, -0.1) is 0 Å². The Kier molecular flexibility index (Phi) is 4.76. The van der Waals surface area contributed by atoms with Crippen LogP contribution in [0.2, 0.25) is 0 Å². The van der Waals surface area contributed by atoms with E-state index >= 15 is 0 Å². The molecule has 1 aliphatic rings. The van der Waals surface area contributed by atoms with Crippen molar-refractivity contribution >= 4 is 11.8 Å². The molecule has 10 nitrogen and oxygen atoms in total. The summed E-state index contributed by atoms with van der Waals surface area (Å²) in [4.78, 5) is 19.7. The van der Waals surface area contributed by atoms with E-state index in [1.807, 2.05) is 0 Å². The molecule has 0 aliphatic carbocycles. The average molecular weight is 313 g/mol. The second-order valence-electron chi connectivity index (χ2n) is 4.91. The van der Waals surface area contributed by atoms with Gasteiger partial charge in [0, 0.05) is 18.9 Å². The molecular weight excluding hydrogens is 294 g/mol. The first kappa shape index (κ1) is 16.4. The second-order valence-corrected chi connectivity index (χ2v) is 4.91. The number of ether oxygens (including phenoxy) is 2. The van der Waals surface area contributed by atoms with Crippen molar-refractivity contribution in [3.8, 4) is 0 Å². The molecule has 1 aliphatic heterocycles. The third-order valence-electron chi connectivity index (χ3n) is 3.38. The van der Waals surface area contributed by atoms with Crippen LogP contribution >= 0.6 is 0 Å². The topological polar surface area (TPSA) is 158 Å². The van der Waals surface area contributed by atoms with E-state index in [9.17, 15) is 15.0 Å².